The van der Waals surface area contributed by atoms with Crippen molar-refractivity contribution < 1.29 is 14.3 Å². The Morgan fingerprint density at radius 3 is 2.36 bits per heavy atom. The van der Waals surface area contributed by atoms with Crippen LogP contribution in [-0.4, -0.2) is 36.4 Å². The van der Waals surface area contributed by atoms with Gasteiger partial charge in [-0.15, -0.1) is 0 Å². The van der Waals surface area contributed by atoms with E-state index in [2.05, 4.69) is 12.2 Å². The molecule has 0 aromatic heterocycles. The van der Waals surface area contributed by atoms with Gasteiger partial charge in [-0.05, 0) is 55.9 Å². The Hall–Kier alpha value is -2.82. The number of benzene rings is 2. The van der Waals surface area contributed by atoms with E-state index in [9.17, 15) is 9.59 Å². The third-order valence-electron chi connectivity index (χ3n) is 5.44. The molecule has 3 rings (SSSR count). The fourth-order valence-electron chi connectivity index (χ4n) is 3.57. The monoisotopic (exact) mass is 380 g/mol. The molecule has 0 bridgehead atoms. The zero-order chi connectivity index (χ0) is 19.9. The van der Waals surface area contributed by atoms with Crippen molar-refractivity contribution in [3.05, 3.63) is 60.2 Å². The Balaban J connectivity index is 1.60. The van der Waals surface area contributed by atoms with Gasteiger partial charge in [0, 0.05) is 18.8 Å². The first-order valence-corrected chi connectivity index (χ1v) is 9.88. The van der Waals surface area contributed by atoms with Crippen LogP contribution in [0, 0.1) is 5.92 Å². The van der Waals surface area contributed by atoms with Gasteiger partial charge in [-0.2, -0.15) is 0 Å². The lowest BCUT2D eigenvalue weighted by Crippen LogP contribution is -2.41. The summed E-state index contributed by atoms with van der Waals surface area (Å²) in [4.78, 5) is 27.0. The zero-order valence-electron chi connectivity index (χ0n) is 16.6. The minimum atomic E-state index is -0.260. The van der Waals surface area contributed by atoms with Crippen molar-refractivity contribution in [2.75, 3.05) is 19.0 Å². The lowest BCUT2D eigenvalue weighted by atomic mass is 9.87. The Morgan fingerprint density at radius 2 is 1.64 bits per heavy atom. The van der Waals surface area contributed by atoms with Gasteiger partial charge in [0.1, 0.15) is 5.75 Å². The van der Waals surface area contributed by atoms with Crippen molar-refractivity contribution in [3.63, 3.8) is 0 Å². The van der Waals surface area contributed by atoms with Gasteiger partial charge >= 0.3 is 0 Å². The number of anilines is 1. The smallest absolute Gasteiger partial charge is 0.260 e. The minimum Gasteiger partial charge on any atom is -0.483 e. The second-order valence-electron chi connectivity index (χ2n) is 7.52. The van der Waals surface area contributed by atoms with Crippen molar-refractivity contribution in [1.82, 2.24) is 4.90 Å². The SMILES string of the molecule is CC1CCC(N(C)C(=O)COc2ccccc2C(=O)Nc2ccccc2)CC1. The number of ether oxygens (including phenoxy) is 1. The molecule has 2 amide bonds. The third-order valence-corrected chi connectivity index (χ3v) is 5.44. The Labute approximate surface area is 166 Å². The highest BCUT2D eigenvalue weighted by Crippen LogP contribution is 2.26. The number of likely N-dealkylation sites (N-methyl/N-ethyl adjacent to an activating group) is 1. The highest BCUT2D eigenvalue weighted by atomic mass is 16.5. The third kappa shape index (κ3) is 5.12. The van der Waals surface area contributed by atoms with Crippen molar-refractivity contribution in [1.29, 1.82) is 0 Å². The molecule has 0 spiro atoms. The lowest BCUT2D eigenvalue weighted by Gasteiger charge is -2.33. The van der Waals surface area contributed by atoms with E-state index in [0.717, 1.165) is 31.6 Å². The molecule has 1 saturated carbocycles. The summed E-state index contributed by atoms with van der Waals surface area (Å²) in [5.41, 5.74) is 1.12. The predicted octanol–water partition coefficient (Wildman–Crippen LogP) is 4.35. The van der Waals surface area contributed by atoms with E-state index in [4.69, 9.17) is 4.74 Å². The molecule has 1 aliphatic rings. The summed E-state index contributed by atoms with van der Waals surface area (Å²) in [7, 11) is 1.85. The summed E-state index contributed by atoms with van der Waals surface area (Å²) < 4.78 is 5.74. The Bertz CT molecular complexity index is 799. The van der Waals surface area contributed by atoms with Crippen molar-refractivity contribution in [2.24, 2.45) is 5.92 Å². The number of nitrogens with one attached hydrogen (secondary N) is 1. The van der Waals surface area contributed by atoms with Crippen molar-refractivity contribution >= 4 is 17.5 Å². The van der Waals surface area contributed by atoms with Gasteiger partial charge in [0.05, 0.1) is 5.56 Å². The maximum Gasteiger partial charge on any atom is 0.260 e. The fourth-order valence-corrected chi connectivity index (χ4v) is 3.57. The summed E-state index contributed by atoms with van der Waals surface area (Å²) in [6.07, 6.45) is 4.40. The van der Waals surface area contributed by atoms with Gasteiger partial charge < -0.3 is 15.0 Å². The predicted molar refractivity (Wildman–Crippen MR) is 111 cm³/mol. The molecule has 28 heavy (non-hydrogen) atoms. The van der Waals surface area contributed by atoms with Crippen LogP contribution in [0.2, 0.25) is 0 Å². The molecule has 0 unspecified atom stereocenters. The second-order valence-corrected chi connectivity index (χ2v) is 7.52. The van der Waals surface area contributed by atoms with Crippen LogP contribution in [0.1, 0.15) is 43.0 Å². The van der Waals surface area contributed by atoms with E-state index in [1.807, 2.05) is 37.4 Å². The molecule has 5 nitrogen and oxygen atoms in total. The molecule has 0 saturated heterocycles. The molecular weight excluding hydrogens is 352 g/mol. The molecule has 2 aromatic carbocycles. The van der Waals surface area contributed by atoms with Crippen LogP contribution in [0.3, 0.4) is 0 Å². The first kappa shape index (κ1) is 19.9. The van der Waals surface area contributed by atoms with Crippen LogP contribution in [0.4, 0.5) is 5.69 Å². The second kappa shape index (κ2) is 9.40. The average molecular weight is 380 g/mol. The van der Waals surface area contributed by atoms with Gasteiger partial charge in [-0.1, -0.05) is 37.3 Å². The summed E-state index contributed by atoms with van der Waals surface area (Å²) in [5.74, 6) is 0.836. The number of hydrogen-bond donors (Lipinski definition) is 1. The number of carbonyl (C=O) groups excluding carboxylic acids is 2. The normalized spacial score (nSPS) is 18.9. The lowest BCUT2D eigenvalue weighted by molar-refractivity contribution is -0.134. The molecular formula is C23H28N2O3. The number of para-hydroxylation sites is 2. The highest BCUT2D eigenvalue weighted by molar-refractivity contribution is 6.06. The Kier molecular flexibility index (Phi) is 6.69. The summed E-state index contributed by atoms with van der Waals surface area (Å²) >= 11 is 0. The van der Waals surface area contributed by atoms with Gasteiger partial charge in [-0.3, -0.25) is 9.59 Å². The summed E-state index contributed by atoms with van der Waals surface area (Å²) in [5, 5.41) is 2.85. The molecule has 148 valence electrons. The average Bonchev–Trinajstić information content (AvgIpc) is 2.73. The maximum atomic E-state index is 12.6. The van der Waals surface area contributed by atoms with Crippen LogP contribution in [0.5, 0.6) is 5.75 Å². The van der Waals surface area contributed by atoms with Crippen LogP contribution in [0.25, 0.3) is 0 Å². The topological polar surface area (TPSA) is 58.6 Å². The first-order chi connectivity index (χ1) is 13.5. The zero-order valence-corrected chi connectivity index (χ0v) is 16.6. The van der Waals surface area contributed by atoms with Crippen LogP contribution < -0.4 is 10.1 Å². The largest absolute Gasteiger partial charge is 0.483 e. The molecule has 0 aliphatic heterocycles. The fraction of sp³-hybridized carbons (Fsp3) is 0.391. The number of nitrogens with zero attached hydrogens (tertiary/aromatic N) is 1. The van der Waals surface area contributed by atoms with Gasteiger partial charge in [0.15, 0.2) is 6.61 Å². The molecule has 0 atom stereocenters. The maximum absolute atomic E-state index is 12.6. The molecule has 1 fully saturated rings. The molecule has 2 aromatic rings. The first-order valence-electron chi connectivity index (χ1n) is 9.88. The molecule has 1 aliphatic carbocycles. The quantitative estimate of drug-likeness (QED) is 0.810. The van der Waals surface area contributed by atoms with Gasteiger partial charge in [0.25, 0.3) is 11.8 Å². The van der Waals surface area contributed by atoms with E-state index >= 15 is 0 Å². The van der Waals surface area contributed by atoms with Crippen LogP contribution in [-0.2, 0) is 4.79 Å². The van der Waals surface area contributed by atoms with Crippen molar-refractivity contribution in [3.8, 4) is 5.75 Å². The molecule has 0 radical (unpaired) electrons. The van der Waals surface area contributed by atoms with Crippen molar-refractivity contribution in [2.45, 2.75) is 38.6 Å². The van der Waals surface area contributed by atoms with Gasteiger partial charge in [-0.25, -0.2) is 0 Å². The van der Waals surface area contributed by atoms with E-state index < -0.39 is 0 Å². The number of carbonyl (C=O) groups is 2. The summed E-state index contributed by atoms with van der Waals surface area (Å²) in [6, 6.07) is 16.5. The molecule has 1 N–H and O–H groups in total. The standard InChI is InChI=1S/C23H28N2O3/c1-17-12-14-19(15-13-17)25(2)22(26)16-28-21-11-7-6-10-20(21)23(27)24-18-8-4-3-5-9-18/h3-11,17,19H,12-16H2,1-2H3,(H,24,27). The van der Waals surface area contributed by atoms with E-state index in [-0.39, 0.29) is 24.5 Å². The van der Waals surface area contributed by atoms with Crippen LogP contribution >= 0.6 is 0 Å². The van der Waals surface area contributed by atoms with E-state index in [0.29, 0.717) is 17.0 Å². The van der Waals surface area contributed by atoms with E-state index in [1.165, 1.54) is 0 Å². The highest BCUT2D eigenvalue weighted by Gasteiger charge is 2.25. The number of rotatable bonds is 6. The molecule has 5 heteroatoms. The van der Waals surface area contributed by atoms with Gasteiger partial charge in [0.2, 0.25) is 0 Å². The Morgan fingerprint density at radius 1 is 1.00 bits per heavy atom. The van der Waals surface area contributed by atoms with Crippen LogP contribution in [0.15, 0.2) is 54.6 Å². The molecule has 0 heterocycles. The number of hydrogen-bond acceptors (Lipinski definition) is 3. The minimum absolute atomic E-state index is 0.0576. The summed E-state index contributed by atoms with van der Waals surface area (Å²) in [6.45, 7) is 2.19. The number of amides is 2. The van der Waals surface area contributed by atoms with E-state index in [1.54, 1.807) is 29.2 Å².